The van der Waals surface area contributed by atoms with Crippen molar-refractivity contribution in [1.29, 1.82) is 0 Å². The van der Waals surface area contributed by atoms with E-state index in [-0.39, 0.29) is 0 Å². The first-order valence-corrected chi connectivity index (χ1v) is 5.07. The molecule has 1 aliphatic rings. The Morgan fingerprint density at radius 2 is 2.25 bits per heavy atom. The monoisotopic (exact) mass is 170 g/mol. The van der Waals surface area contributed by atoms with E-state index in [0.29, 0.717) is 0 Å². The van der Waals surface area contributed by atoms with Gasteiger partial charge < -0.3 is 10.2 Å². The number of rotatable bonds is 4. The highest BCUT2D eigenvalue weighted by molar-refractivity contribution is 4.74. The Morgan fingerprint density at radius 3 is 2.75 bits per heavy atom. The van der Waals surface area contributed by atoms with Gasteiger partial charge in [0.25, 0.3) is 0 Å². The van der Waals surface area contributed by atoms with E-state index >= 15 is 0 Å². The summed E-state index contributed by atoms with van der Waals surface area (Å²) in [5.74, 6) is 1.68. The summed E-state index contributed by atoms with van der Waals surface area (Å²) in [6.45, 7) is 9.46. The van der Waals surface area contributed by atoms with Crippen molar-refractivity contribution in [3.63, 3.8) is 0 Å². The first kappa shape index (κ1) is 10.0. The molecule has 0 amide bonds. The predicted octanol–water partition coefficient (Wildman–Crippen LogP) is 1.18. The van der Waals surface area contributed by atoms with Gasteiger partial charge in [-0.15, -0.1) is 0 Å². The van der Waals surface area contributed by atoms with Gasteiger partial charge in [-0.05, 0) is 44.9 Å². The van der Waals surface area contributed by atoms with Crippen LogP contribution < -0.4 is 5.32 Å². The van der Waals surface area contributed by atoms with Crippen LogP contribution in [0.25, 0.3) is 0 Å². The standard InChI is InChI=1S/C10H22N2/c1-9(2)6-11-7-10-4-5-12(3)8-10/h9-11H,4-8H2,1-3H3/t10-/m0/s1. The smallest absolute Gasteiger partial charge is 0.00192 e. The SMILES string of the molecule is CC(C)CNC[C@@H]1CCN(C)C1. The zero-order chi connectivity index (χ0) is 8.97. The van der Waals surface area contributed by atoms with Gasteiger partial charge in [0.2, 0.25) is 0 Å². The normalized spacial score (nSPS) is 25.5. The topological polar surface area (TPSA) is 15.3 Å². The molecule has 0 saturated carbocycles. The maximum atomic E-state index is 3.52. The highest BCUT2D eigenvalue weighted by atomic mass is 15.1. The highest BCUT2D eigenvalue weighted by Gasteiger charge is 2.18. The Kier molecular flexibility index (Phi) is 4.02. The largest absolute Gasteiger partial charge is 0.316 e. The van der Waals surface area contributed by atoms with E-state index in [1.165, 1.54) is 32.6 Å². The molecule has 0 spiro atoms. The summed E-state index contributed by atoms with van der Waals surface area (Å²) in [6.07, 6.45) is 1.38. The minimum absolute atomic E-state index is 0.782. The Balaban J connectivity index is 2.00. The van der Waals surface area contributed by atoms with Gasteiger partial charge in [0, 0.05) is 6.54 Å². The van der Waals surface area contributed by atoms with Crippen LogP contribution >= 0.6 is 0 Å². The fourth-order valence-electron chi connectivity index (χ4n) is 1.77. The lowest BCUT2D eigenvalue weighted by Crippen LogP contribution is -2.27. The minimum atomic E-state index is 0.782. The van der Waals surface area contributed by atoms with Crippen molar-refractivity contribution in [1.82, 2.24) is 10.2 Å². The number of nitrogens with zero attached hydrogens (tertiary/aromatic N) is 1. The Morgan fingerprint density at radius 1 is 1.50 bits per heavy atom. The van der Waals surface area contributed by atoms with Crippen molar-refractivity contribution < 1.29 is 0 Å². The van der Waals surface area contributed by atoms with Crippen LogP contribution in [0.15, 0.2) is 0 Å². The summed E-state index contributed by atoms with van der Waals surface area (Å²) in [7, 11) is 2.21. The van der Waals surface area contributed by atoms with E-state index in [2.05, 4.69) is 31.1 Å². The quantitative estimate of drug-likeness (QED) is 0.681. The molecular weight excluding hydrogens is 148 g/mol. The first-order chi connectivity index (χ1) is 5.68. The Bertz CT molecular complexity index is 123. The molecular formula is C10H22N2. The molecule has 2 heteroatoms. The summed E-state index contributed by atoms with van der Waals surface area (Å²) in [4.78, 5) is 2.42. The van der Waals surface area contributed by atoms with Crippen molar-refractivity contribution in [2.24, 2.45) is 11.8 Å². The first-order valence-electron chi connectivity index (χ1n) is 5.07. The molecule has 12 heavy (non-hydrogen) atoms. The number of hydrogen-bond acceptors (Lipinski definition) is 2. The minimum Gasteiger partial charge on any atom is -0.316 e. The van der Waals surface area contributed by atoms with Gasteiger partial charge >= 0.3 is 0 Å². The molecule has 72 valence electrons. The number of hydrogen-bond donors (Lipinski definition) is 1. The van der Waals surface area contributed by atoms with E-state index in [4.69, 9.17) is 0 Å². The van der Waals surface area contributed by atoms with Crippen LogP contribution in [0.4, 0.5) is 0 Å². The Hall–Kier alpha value is -0.0800. The second-order valence-electron chi connectivity index (χ2n) is 4.47. The fourth-order valence-corrected chi connectivity index (χ4v) is 1.77. The van der Waals surface area contributed by atoms with Crippen LogP contribution in [-0.2, 0) is 0 Å². The molecule has 0 radical (unpaired) electrons. The Labute approximate surface area is 76.3 Å². The van der Waals surface area contributed by atoms with Crippen LogP contribution in [0, 0.1) is 11.8 Å². The zero-order valence-electron chi connectivity index (χ0n) is 8.64. The molecule has 0 aromatic carbocycles. The van der Waals surface area contributed by atoms with Crippen LogP contribution in [0.1, 0.15) is 20.3 Å². The van der Waals surface area contributed by atoms with Crippen LogP contribution in [0.2, 0.25) is 0 Å². The van der Waals surface area contributed by atoms with Crippen LogP contribution in [0.3, 0.4) is 0 Å². The summed E-state index contributed by atoms with van der Waals surface area (Å²) >= 11 is 0. The van der Waals surface area contributed by atoms with Crippen molar-refractivity contribution in [3.8, 4) is 0 Å². The second kappa shape index (κ2) is 4.83. The summed E-state index contributed by atoms with van der Waals surface area (Å²) in [5.41, 5.74) is 0. The molecule has 1 aliphatic heterocycles. The van der Waals surface area contributed by atoms with Crippen molar-refractivity contribution in [2.75, 3.05) is 33.2 Å². The van der Waals surface area contributed by atoms with Gasteiger partial charge in [-0.25, -0.2) is 0 Å². The van der Waals surface area contributed by atoms with Gasteiger partial charge in [-0.3, -0.25) is 0 Å². The summed E-state index contributed by atoms with van der Waals surface area (Å²) in [5, 5.41) is 3.52. The van der Waals surface area contributed by atoms with E-state index in [0.717, 1.165) is 11.8 Å². The summed E-state index contributed by atoms with van der Waals surface area (Å²) in [6, 6.07) is 0. The molecule has 1 saturated heterocycles. The van der Waals surface area contributed by atoms with Gasteiger partial charge in [-0.1, -0.05) is 13.8 Å². The molecule has 1 heterocycles. The lowest BCUT2D eigenvalue weighted by molar-refractivity contribution is 0.384. The lowest BCUT2D eigenvalue weighted by atomic mass is 10.1. The maximum Gasteiger partial charge on any atom is 0.00192 e. The van der Waals surface area contributed by atoms with Crippen LogP contribution in [-0.4, -0.2) is 38.1 Å². The third-order valence-corrected chi connectivity index (χ3v) is 2.47. The van der Waals surface area contributed by atoms with E-state index in [1.807, 2.05) is 0 Å². The molecule has 0 aliphatic carbocycles. The number of nitrogens with one attached hydrogen (secondary N) is 1. The lowest BCUT2D eigenvalue weighted by Gasteiger charge is -2.12. The third kappa shape index (κ3) is 3.55. The number of likely N-dealkylation sites (tertiary alicyclic amines) is 1. The van der Waals surface area contributed by atoms with Gasteiger partial charge in [0.05, 0.1) is 0 Å². The molecule has 2 nitrogen and oxygen atoms in total. The fraction of sp³-hybridized carbons (Fsp3) is 1.00. The predicted molar refractivity (Wildman–Crippen MR) is 53.3 cm³/mol. The highest BCUT2D eigenvalue weighted by Crippen LogP contribution is 2.12. The third-order valence-electron chi connectivity index (χ3n) is 2.47. The molecule has 0 unspecified atom stereocenters. The average molecular weight is 170 g/mol. The van der Waals surface area contributed by atoms with E-state index in [9.17, 15) is 0 Å². The second-order valence-corrected chi connectivity index (χ2v) is 4.47. The zero-order valence-corrected chi connectivity index (χ0v) is 8.64. The molecule has 1 rings (SSSR count). The van der Waals surface area contributed by atoms with Gasteiger partial charge in [-0.2, -0.15) is 0 Å². The maximum absolute atomic E-state index is 3.52. The van der Waals surface area contributed by atoms with Gasteiger partial charge in [0.1, 0.15) is 0 Å². The molecule has 0 aromatic rings. The van der Waals surface area contributed by atoms with Crippen molar-refractivity contribution in [3.05, 3.63) is 0 Å². The average Bonchev–Trinajstić information content (AvgIpc) is 2.35. The van der Waals surface area contributed by atoms with Crippen molar-refractivity contribution in [2.45, 2.75) is 20.3 Å². The van der Waals surface area contributed by atoms with E-state index < -0.39 is 0 Å². The molecule has 1 N–H and O–H groups in total. The van der Waals surface area contributed by atoms with Crippen LogP contribution in [0.5, 0.6) is 0 Å². The van der Waals surface area contributed by atoms with E-state index in [1.54, 1.807) is 0 Å². The summed E-state index contributed by atoms with van der Waals surface area (Å²) < 4.78 is 0. The molecule has 1 atom stereocenters. The molecule has 0 bridgehead atoms. The van der Waals surface area contributed by atoms with Crippen molar-refractivity contribution >= 4 is 0 Å². The molecule has 1 fully saturated rings. The van der Waals surface area contributed by atoms with Gasteiger partial charge in [0.15, 0.2) is 0 Å². The molecule has 0 aromatic heterocycles.